The highest BCUT2D eigenvalue weighted by atomic mass is 19.1. The lowest BCUT2D eigenvalue weighted by Crippen LogP contribution is -2.42. The van der Waals surface area contributed by atoms with Gasteiger partial charge >= 0.3 is 12.0 Å². The van der Waals surface area contributed by atoms with Gasteiger partial charge in [-0.25, -0.2) is 9.18 Å². The van der Waals surface area contributed by atoms with Gasteiger partial charge in [0.2, 0.25) is 0 Å². The second kappa shape index (κ2) is 7.72. The summed E-state index contributed by atoms with van der Waals surface area (Å²) in [5.74, 6) is -1.49. The number of amides is 2. The lowest BCUT2D eigenvalue weighted by atomic mass is 9.97. The van der Waals surface area contributed by atoms with Crippen LogP contribution in [-0.2, 0) is 4.79 Å². The van der Waals surface area contributed by atoms with Crippen LogP contribution in [0.5, 0.6) is 5.75 Å². The number of carbonyl (C=O) groups is 2. The molecule has 0 atom stereocenters. The Morgan fingerprint density at radius 1 is 1.16 bits per heavy atom. The van der Waals surface area contributed by atoms with Gasteiger partial charge in [0.1, 0.15) is 0 Å². The molecule has 0 aromatic heterocycles. The summed E-state index contributed by atoms with van der Waals surface area (Å²) in [6.07, 6.45) is 5.06. The fourth-order valence-electron chi connectivity index (χ4n) is 3.39. The monoisotopic (exact) mass is 350 g/mol. The van der Waals surface area contributed by atoms with Crippen LogP contribution in [0.25, 0.3) is 0 Å². The van der Waals surface area contributed by atoms with Crippen LogP contribution in [0.2, 0.25) is 0 Å². The number of benzene rings is 1. The highest BCUT2D eigenvalue weighted by Crippen LogP contribution is 2.28. The SMILES string of the molecule is O=C(O)C1CCN(C(=O)Nc2ccc(OC3CCCC3)c(F)c2)CC1. The first-order valence-corrected chi connectivity index (χ1v) is 8.78. The topological polar surface area (TPSA) is 78.9 Å². The van der Waals surface area contributed by atoms with E-state index >= 15 is 0 Å². The zero-order chi connectivity index (χ0) is 17.8. The molecule has 1 aliphatic carbocycles. The number of aliphatic carboxylic acids is 1. The normalized spacial score (nSPS) is 19.0. The Labute approximate surface area is 146 Å². The molecule has 136 valence electrons. The maximum atomic E-state index is 14.2. The molecule has 2 N–H and O–H groups in total. The molecular formula is C18H23FN2O4. The second-order valence-corrected chi connectivity index (χ2v) is 6.70. The van der Waals surface area contributed by atoms with Gasteiger partial charge in [0.15, 0.2) is 11.6 Å². The number of hydrogen-bond acceptors (Lipinski definition) is 3. The van der Waals surface area contributed by atoms with Crippen molar-refractivity contribution in [2.75, 3.05) is 18.4 Å². The van der Waals surface area contributed by atoms with Crippen LogP contribution in [0.3, 0.4) is 0 Å². The van der Waals surface area contributed by atoms with Crippen LogP contribution < -0.4 is 10.1 Å². The van der Waals surface area contributed by atoms with Gasteiger partial charge in [-0.05, 0) is 50.7 Å². The number of carboxylic acids is 1. The Balaban J connectivity index is 1.54. The number of likely N-dealkylation sites (tertiary alicyclic amines) is 1. The highest BCUT2D eigenvalue weighted by Gasteiger charge is 2.27. The Hall–Kier alpha value is -2.31. The van der Waals surface area contributed by atoms with Gasteiger partial charge in [-0.2, -0.15) is 0 Å². The molecule has 2 aliphatic rings. The molecule has 1 heterocycles. The number of carbonyl (C=O) groups excluding carboxylic acids is 1. The van der Waals surface area contributed by atoms with E-state index in [1.165, 1.54) is 6.07 Å². The Bertz CT molecular complexity index is 638. The van der Waals surface area contributed by atoms with Crippen molar-refractivity contribution >= 4 is 17.7 Å². The summed E-state index contributed by atoms with van der Waals surface area (Å²) >= 11 is 0. The maximum Gasteiger partial charge on any atom is 0.321 e. The van der Waals surface area contributed by atoms with Crippen LogP contribution in [0.4, 0.5) is 14.9 Å². The summed E-state index contributed by atoms with van der Waals surface area (Å²) in [5.41, 5.74) is 0.363. The smallest absolute Gasteiger partial charge is 0.321 e. The highest BCUT2D eigenvalue weighted by molar-refractivity contribution is 5.89. The van der Waals surface area contributed by atoms with E-state index in [1.54, 1.807) is 17.0 Å². The number of carboxylic acid groups (broad SMARTS) is 1. The van der Waals surface area contributed by atoms with Crippen molar-refractivity contribution in [1.29, 1.82) is 0 Å². The van der Waals surface area contributed by atoms with Gasteiger partial charge in [0.25, 0.3) is 0 Å². The molecule has 1 saturated heterocycles. The Morgan fingerprint density at radius 3 is 2.44 bits per heavy atom. The summed E-state index contributed by atoms with van der Waals surface area (Å²) < 4.78 is 19.8. The molecule has 2 amide bonds. The Kier molecular flexibility index (Phi) is 5.40. The molecular weight excluding hydrogens is 327 g/mol. The number of ether oxygens (including phenoxy) is 1. The van der Waals surface area contributed by atoms with Crippen LogP contribution in [0.15, 0.2) is 18.2 Å². The molecule has 6 nitrogen and oxygen atoms in total. The molecule has 7 heteroatoms. The first-order valence-electron chi connectivity index (χ1n) is 8.78. The number of nitrogens with zero attached hydrogens (tertiary/aromatic N) is 1. The molecule has 0 bridgehead atoms. The molecule has 0 radical (unpaired) electrons. The first kappa shape index (κ1) is 17.5. The molecule has 1 aromatic rings. The summed E-state index contributed by atoms with van der Waals surface area (Å²) in [7, 11) is 0. The van der Waals surface area contributed by atoms with E-state index in [-0.39, 0.29) is 17.9 Å². The lowest BCUT2D eigenvalue weighted by Gasteiger charge is -2.30. The fourth-order valence-corrected chi connectivity index (χ4v) is 3.39. The van der Waals surface area contributed by atoms with Crippen LogP contribution in [0.1, 0.15) is 38.5 Å². The standard InChI is InChI=1S/C18H23FN2O4/c19-15-11-13(5-6-16(15)25-14-3-1-2-4-14)20-18(24)21-9-7-12(8-10-21)17(22)23/h5-6,11-12,14H,1-4,7-10H2,(H,20,24)(H,22,23). The van der Waals surface area contributed by atoms with E-state index in [2.05, 4.69) is 5.32 Å². The quantitative estimate of drug-likeness (QED) is 0.871. The number of nitrogens with one attached hydrogen (secondary N) is 1. The maximum absolute atomic E-state index is 14.2. The number of hydrogen-bond donors (Lipinski definition) is 2. The van der Waals surface area contributed by atoms with Crippen molar-refractivity contribution in [2.24, 2.45) is 5.92 Å². The minimum Gasteiger partial charge on any atom is -0.487 e. The van der Waals surface area contributed by atoms with E-state index in [9.17, 15) is 14.0 Å². The number of halogens is 1. The van der Waals surface area contributed by atoms with Crippen LogP contribution in [0, 0.1) is 11.7 Å². The average molecular weight is 350 g/mol. The van der Waals surface area contributed by atoms with Crippen LogP contribution in [-0.4, -0.2) is 41.2 Å². The zero-order valence-electron chi connectivity index (χ0n) is 14.0. The van der Waals surface area contributed by atoms with Crippen molar-refractivity contribution < 1.29 is 23.8 Å². The van der Waals surface area contributed by atoms with Crippen LogP contribution >= 0.6 is 0 Å². The van der Waals surface area contributed by atoms with E-state index in [0.717, 1.165) is 25.7 Å². The molecule has 1 aromatic carbocycles. The number of rotatable bonds is 4. The van der Waals surface area contributed by atoms with E-state index in [0.29, 0.717) is 31.6 Å². The van der Waals surface area contributed by atoms with Gasteiger partial charge in [0, 0.05) is 24.8 Å². The summed E-state index contributed by atoms with van der Waals surface area (Å²) in [6, 6.07) is 4.08. The van der Waals surface area contributed by atoms with Gasteiger partial charge in [0.05, 0.1) is 12.0 Å². The van der Waals surface area contributed by atoms with E-state index in [1.807, 2.05) is 0 Å². The van der Waals surface area contributed by atoms with Crippen molar-refractivity contribution in [3.63, 3.8) is 0 Å². The van der Waals surface area contributed by atoms with Crippen molar-refractivity contribution in [2.45, 2.75) is 44.6 Å². The van der Waals surface area contributed by atoms with Gasteiger partial charge in [-0.3, -0.25) is 4.79 Å². The lowest BCUT2D eigenvalue weighted by molar-refractivity contribution is -0.143. The third-order valence-corrected chi connectivity index (χ3v) is 4.91. The minimum absolute atomic E-state index is 0.0745. The van der Waals surface area contributed by atoms with Crippen molar-refractivity contribution in [1.82, 2.24) is 4.90 Å². The molecule has 0 unspecified atom stereocenters. The van der Waals surface area contributed by atoms with Crippen molar-refractivity contribution in [3.8, 4) is 5.75 Å². The minimum atomic E-state index is -0.819. The largest absolute Gasteiger partial charge is 0.487 e. The zero-order valence-corrected chi connectivity index (χ0v) is 14.0. The fraction of sp³-hybridized carbons (Fsp3) is 0.556. The number of piperidine rings is 1. The Morgan fingerprint density at radius 2 is 1.84 bits per heavy atom. The summed E-state index contributed by atoms with van der Waals surface area (Å²) in [5, 5.41) is 11.6. The number of urea groups is 1. The molecule has 25 heavy (non-hydrogen) atoms. The molecule has 1 saturated carbocycles. The predicted octanol–water partition coefficient (Wildman–Crippen LogP) is 3.48. The van der Waals surface area contributed by atoms with Crippen molar-refractivity contribution in [3.05, 3.63) is 24.0 Å². The van der Waals surface area contributed by atoms with Gasteiger partial charge in [-0.1, -0.05) is 0 Å². The molecule has 2 fully saturated rings. The molecule has 1 aliphatic heterocycles. The van der Waals surface area contributed by atoms with E-state index < -0.39 is 17.7 Å². The molecule has 0 spiro atoms. The van der Waals surface area contributed by atoms with Gasteiger partial charge in [-0.15, -0.1) is 0 Å². The summed E-state index contributed by atoms with van der Waals surface area (Å²) in [4.78, 5) is 24.7. The molecule has 3 rings (SSSR count). The summed E-state index contributed by atoms with van der Waals surface area (Å²) in [6.45, 7) is 0.766. The third-order valence-electron chi connectivity index (χ3n) is 4.91. The first-order chi connectivity index (χ1) is 12.0. The second-order valence-electron chi connectivity index (χ2n) is 6.70. The van der Waals surface area contributed by atoms with Gasteiger partial charge < -0.3 is 20.1 Å². The third kappa shape index (κ3) is 4.41. The predicted molar refractivity (Wildman–Crippen MR) is 90.2 cm³/mol. The number of anilines is 1. The van der Waals surface area contributed by atoms with E-state index in [4.69, 9.17) is 9.84 Å². The average Bonchev–Trinajstić information content (AvgIpc) is 3.10.